The van der Waals surface area contributed by atoms with E-state index in [1.165, 1.54) is 5.56 Å². The van der Waals surface area contributed by atoms with Crippen molar-refractivity contribution in [3.8, 4) is 0 Å². The van der Waals surface area contributed by atoms with Crippen LogP contribution < -0.4 is 0 Å². The molecule has 2 rings (SSSR count). The van der Waals surface area contributed by atoms with Crippen LogP contribution in [0.2, 0.25) is 0 Å². The zero-order valence-electron chi connectivity index (χ0n) is 12.1. The number of piperidine rings is 1. The van der Waals surface area contributed by atoms with E-state index in [4.69, 9.17) is 4.74 Å². The van der Waals surface area contributed by atoms with Gasteiger partial charge in [-0.3, -0.25) is 4.79 Å². The van der Waals surface area contributed by atoms with E-state index < -0.39 is 0 Å². The van der Waals surface area contributed by atoms with Gasteiger partial charge in [0, 0.05) is 26.1 Å². The second-order valence-corrected chi connectivity index (χ2v) is 5.12. The van der Waals surface area contributed by atoms with E-state index in [2.05, 4.69) is 35.2 Å². The summed E-state index contributed by atoms with van der Waals surface area (Å²) in [5, 5.41) is 0. The summed E-state index contributed by atoms with van der Waals surface area (Å²) in [6.45, 7) is 5.01. The standard InChI is InChI=1S/C16H23NO2.ClH/c1-2-16(18)19-15-9-12-17(13-10-15)11-8-14-6-4-3-5-7-14;/h3-7,15H,2,8-13H2,1H3;1H. The SMILES string of the molecule is CCC(=O)OC1CCN(CCc2ccccc2)CC1.Cl. The van der Waals surface area contributed by atoms with Crippen LogP contribution in [0.5, 0.6) is 0 Å². The summed E-state index contributed by atoms with van der Waals surface area (Å²) in [4.78, 5) is 13.7. The van der Waals surface area contributed by atoms with Crippen LogP contribution in [0.25, 0.3) is 0 Å². The van der Waals surface area contributed by atoms with Crippen molar-refractivity contribution in [3.63, 3.8) is 0 Å². The molecule has 1 aromatic rings. The number of carbonyl (C=O) groups excluding carboxylic acids is 1. The molecule has 20 heavy (non-hydrogen) atoms. The summed E-state index contributed by atoms with van der Waals surface area (Å²) >= 11 is 0. The molecule has 0 N–H and O–H groups in total. The van der Waals surface area contributed by atoms with Gasteiger partial charge in [0.05, 0.1) is 0 Å². The molecule has 0 radical (unpaired) electrons. The predicted octanol–water partition coefficient (Wildman–Crippen LogP) is 3.07. The van der Waals surface area contributed by atoms with E-state index in [-0.39, 0.29) is 24.5 Å². The number of esters is 1. The Hall–Kier alpha value is -1.06. The second kappa shape index (κ2) is 8.98. The maximum Gasteiger partial charge on any atom is 0.305 e. The Morgan fingerprint density at radius 1 is 1.25 bits per heavy atom. The highest BCUT2D eigenvalue weighted by atomic mass is 35.5. The van der Waals surface area contributed by atoms with E-state index in [1.807, 2.05) is 6.92 Å². The maximum absolute atomic E-state index is 11.2. The third kappa shape index (κ3) is 5.51. The topological polar surface area (TPSA) is 29.5 Å². The predicted molar refractivity (Wildman–Crippen MR) is 83.2 cm³/mol. The lowest BCUT2D eigenvalue weighted by Crippen LogP contribution is -2.38. The summed E-state index contributed by atoms with van der Waals surface area (Å²) in [7, 11) is 0. The number of ether oxygens (including phenoxy) is 1. The van der Waals surface area contributed by atoms with Gasteiger partial charge in [0.15, 0.2) is 0 Å². The van der Waals surface area contributed by atoms with Gasteiger partial charge in [-0.2, -0.15) is 0 Å². The van der Waals surface area contributed by atoms with Crippen LogP contribution in [0.1, 0.15) is 31.7 Å². The van der Waals surface area contributed by atoms with Crippen molar-refractivity contribution in [3.05, 3.63) is 35.9 Å². The van der Waals surface area contributed by atoms with Crippen molar-refractivity contribution < 1.29 is 9.53 Å². The monoisotopic (exact) mass is 297 g/mol. The van der Waals surface area contributed by atoms with Crippen LogP contribution >= 0.6 is 12.4 Å². The van der Waals surface area contributed by atoms with Crippen LogP contribution in [0.15, 0.2) is 30.3 Å². The first kappa shape index (κ1) is 17.0. The lowest BCUT2D eigenvalue weighted by Gasteiger charge is -2.31. The first-order valence-corrected chi connectivity index (χ1v) is 7.23. The lowest BCUT2D eigenvalue weighted by atomic mass is 10.1. The van der Waals surface area contributed by atoms with Gasteiger partial charge < -0.3 is 9.64 Å². The van der Waals surface area contributed by atoms with Crippen molar-refractivity contribution in [2.75, 3.05) is 19.6 Å². The molecule has 0 aromatic heterocycles. The highest BCUT2D eigenvalue weighted by molar-refractivity contribution is 5.85. The fourth-order valence-corrected chi connectivity index (χ4v) is 2.45. The highest BCUT2D eigenvalue weighted by Gasteiger charge is 2.21. The Kier molecular flexibility index (Phi) is 7.63. The number of rotatable bonds is 5. The highest BCUT2D eigenvalue weighted by Crippen LogP contribution is 2.15. The molecule has 0 unspecified atom stereocenters. The van der Waals surface area contributed by atoms with Gasteiger partial charge >= 0.3 is 5.97 Å². The quantitative estimate of drug-likeness (QED) is 0.782. The molecule has 0 spiro atoms. The molecule has 0 aliphatic carbocycles. The van der Waals surface area contributed by atoms with Gasteiger partial charge in [-0.05, 0) is 24.8 Å². The summed E-state index contributed by atoms with van der Waals surface area (Å²) in [5.74, 6) is -0.0669. The number of hydrogen-bond donors (Lipinski definition) is 0. The normalized spacial score (nSPS) is 16.4. The van der Waals surface area contributed by atoms with Gasteiger partial charge in [-0.15, -0.1) is 12.4 Å². The molecule has 1 aliphatic rings. The number of likely N-dealkylation sites (tertiary alicyclic amines) is 1. The van der Waals surface area contributed by atoms with Crippen molar-refractivity contribution in [1.29, 1.82) is 0 Å². The third-order valence-electron chi connectivity index (χ3n) is 3.68. The van der Waals surface area contributed by atoms with Crippen LogP contribution in [0.3, 0.4) is 0 Å². The van der Waals surface area contributed by atoms with Crippen molar-refractivity contribution in [1.82, 2.24) is 4.90 Å². The lowest BCUT2D eigenvalue weighted by molar-refractivity contribution is -0.150. The van der Waals surface area contributed by atoms with E-state index in [1.54, 1.807) is 0 Å². The van der Waals surface area contributed by atoms with E-state index in [9.17, 15) is 4.79 Å². The van der Waals surface area contributed by atoms with Gasteiger partial charge in [-0.1, -0.05) is 37.3 Å². The Balaban J connectivity index is 0.00000200. The minimum atomic E-state index is -0.0669. The fourth-order valence-electron chi connectivity index (χ4n) is 2.45. The number of hydrogen-bond acceptors (Lipinski definition) is 3. The van der Waals surface area contributed by atoms with Crippen LogP contribution in [-0.4, -0.2) is 36.6 Å². The summed E-state index contributed by atoms with van der Waals surface area (Å²) in [6.07, 6.45) is 3.66. The zero-order valence-corrected chi connectivity index (χ0v) is 12.9. The van der Waals surface area contributed by atoms with Crippen molar-refractivity contribution in [2.45, 2.75) is 38.7 Å². The van der Waals surface area contributed by atoms with Gasteiger partial charge in [0.1, 0.15) is 6.10 Å². The average Bonchev–Trinajstić information content (AvgIpc) is 2.47. The molecular weight excluding hydrogens is 274 g/mol. The molecule has 3 nitrogen and oxygen atoms in total. The van der Waals surface area contributed by atoms with E-state index >= 15 is 0 Å². The fraction of sp³-hybridized carbons (Fsp3) is 0.562. The molecule has 0 amide bonds. The molecule has 1 heterocycles. The third-order valence-corrected chi connectivity index (χ3v) is 3.68. The van der Waals surface area contributed by atoms with Gasteiger partial charge in [0.2, 0.25) is 0 Å². The summed E-state index contributed by atoms with van der Waals surface area (Å²) in [6, 6.07) is 10.6. The first-order valence-electron chi connectivity index (χ1n) is 7.23. The molecule has 4 heteroatoms. The van der Waals surface area contributed by atoms with E-state index in [0.29, 0.717) is 6.42 Å². The molecule has 0 bridgehead atoms. The molecule has 1 saturated heterocycles. The average molecular weight is 298 g/mol. The molecule has 0 atom stereocenters. The minimum absolute atomic E-state index is 0. The summed E-state index contributed by atoms with van der Waals surface area (Å²) < 4.78 is 5.39. The maximum atomic E-state index is 11.2. The molecule has 1 aromatic carbocycles. The minimum Gasteiger partial charge on any atom is -0.462 e. The van der Waals surface area contributed by atoms with Crippen LogP contribution in [-0.2, 0) is 16.0 Å². The molecular formula is C16H24ClNO2. The molecule has 0 saturated carbocycles. The number of carbonyl (C=O) groups is 1. The van der Waals surface area contributed by atoms with Crippen LogP contribution in [0.4, 0.5) is 0 Å². The molecule has 1 aliphatic heterocycles. The van der Waals surface area contributed by atoms with Crippen molar-refractivity contribution in [2.24, 2.45) is 0 Å². The summed E-state index contributed by atoms with van der Waals surface area (Å²) in [5.41, 5.74) is 1.39. The van der Waals surface area contributed by atoms with Crippen LogP contribution in [0, 0.1) is 0 Å². The molecule has 112 valence electrons. The van der Waals surface area contributed by atoms with Gasteiger partial charge in [0.25, 0.3) is 0 Å². The zero-order chi connectivity index (χ0) is 13.5. The molecule has 1 fully saturated rings. The van der Waals surface area contributed by atoms with Gasteiger partial charge in [-0.25, -0.2) is 0 Å². The number of benzene rings is 1. The first-order chi connectivity index (χ1) is 9.28. The second-order valence-electron chi connectivity index (χ2n) is 5.12. The Bertz CT molecular complexity index is 389. The number of nitrogens with zero attached hydrogens (tertiary/aromatic N) is 1. The smallest absolute Gasteiger partial charge is 0.305 e. The Morgan fingerprint density at radius 2 is 1.90 bits per heavy atom. The Morgan fingerprint density at radius 3 is 2.50 bits per heavy atom. The number of halogens is 1. The van der Waals surface area contributed by atoms with Crippen molar-refractivity contribution >= 4 is 18.4 Å². The van der Waals surface area contributed by atoms with E-state index in [0.717, 1.165) is 38.9 Å². The largest absolute Gasteiger partial charge is 0.462 e. The Labute approximate surface area is 127 Å².